The number of hydrazone groups is 1. The Kier molecular flexibility index (Phi) is 5.59. The van der Waals surface area contributed by atoms with Gasteiger partial charge in [-0.2, -0.15) is 20.1 Å². The lowest BCUT2D eigenvalue weighted by molar-refractivity contribution is -0.384. The number of nitrogens with zero attached hydrogens (tertiary/aromatic N) is 7. The Morgan fingerprint density at radius 3 is 2.21 bits per heavy atom. The minimum Gasteiger partial charge on any atom is -0.507 e. The quantitative estimate of drug-likeness (QED) is 0.331. The predicted octanol–water partition coefficient (Wildman–Crippen LogP) is 3.29. The van der Waals surface area contributed by atoms with Crippen LogP contribution in [0.1, 0.15) is 31.2 Å². The zero-order valence-corrected chi connectivity index (χ0v) is 18.0. The number of rotatable bonds is 6. The van der Waals surface area contributed by atoms with Crippen molar-refractivity contribution in [1.82, 2.24) is 15.0 Å². The number of nitro groups is 1. The highest BCUT2D eigenvalue weighted by molar-refractivity contribution is 6.03. The topological polar surface area (TPSA) is 133 Å². The normalized spacial score (nSPS) is 16.2. The van der Waals surface area contributed by atoms with E-state index < -0.39 is 4.92 Å². The van der Waals surface area contributed by atoms with Crippen LogP contribution < -0.4 is 15.2 Å². The van der Waals surface area contributed by atoms with Crippen molar-refractivity contribution in [1.29, 1.82) is 0 Å². The molecule has 3 aromatic rings. The van der Waals surface area contributed by atoms with Gasteiger partial charge in [-0.3, -0.25) is 10.1 Å². The van der Waals surface area contributed by atoms with Crippen LogP contribution in [0.4, 0.5) is 23.5 Å². The molecule has 0 bridgehead atoms. The molecule has 11 heteroatoms. The molecule has 11 nitrogen and oxygen atoms in total. The van der Waals surface area contributed by atoms with Gasteiger partial charge in [-0.05, 0) is 48.6 Å². The van der Waals surface area contributed by atoms with Gasteiger partial charge in [0.1, 0.15) is 5.75 Å². The molecule has 0 atom stereocenters. The van der Waals surface area contributed by atoms with Crippen LogP contribution in [0, 0.1) is 10.1 Å². The van der Waals surface area contributed by atoms with E-state index in [1.807, 2.05) is 0 Å². The first-order chi connectivity index (χ1) is 16.1. The van der Waals surface area contributed by atoms with Gasteiger partial charge in [0.15, 0.2) is 0 Å². The third-order valence-corrected chi connectivity index (χ3v) is 5.98. The summed E-state index contributed by atoms with van der Waals surface area (Å²) < 4.78 is 0. The molecule has 1 aromatic heterocycles. The molecule has 2 aliphatic heterocycles. The van der Waals surface area contributed by atoms with E-state index in [0.29, 0.717) is 34.2 Å². The van der Waals surface area contributed by atoms with Crippen molar-refractivity contribution in [3.8, 4) is 5.75 Å². The van der Waals surface area contributed by atoms with Crippen molar-refractivity contribution < 1.29 is 10.0 Å². The number of hydrogen-bond donors (Lipinski definition) is 2. The summed E-state index contributed by atoms with van der Waals surface area (Å²) in [5.74, 6) is 1.64. The van der Waals surface area contributed by atoms with Crippen LogP contribution in [0.15, 0.2) is 35.4 Å². The summed E-state index contributed by atoms with van der Waals surface area (Å²) in [7, 11) is 0. The zero-order valence-electron chi connectivity index (χ0n) is 18.0. The monoisotopic (exact) mass is 448 g/mol. The van der Waals surface area contributed by atoms with Crippen LogP contribution in [0.5, 0.6) is 5.75 Å². The Labute approximate surface area is 189 Å². The third-order valence-electron chi connectivity index (χ3n) is 5.98. The number of nitrogens with one attached hydrogen (secondary N) is 1. The van der Waals surface area contributed by atoms with Gasteiger partial charge in [-0.1, -0.05) is 6.07 Å². The minimum absolute atomic E-state index is 0.0109. The molecule has 170 valence electrons. The summed E-state index contributed by atoms with van der Waals surface area (Å²) in [6.07, 6.45) is 5.93. The number of fused-ring (bicyclic) bond motifs is 1. The molecule has 2 fully saturated rings. The van der Waals surface area contributed by atoms with Gasteiger partial charge in [-0.15, -0.1) is 0 Å². The van der Waals surface area contributed by atoms with E-state index in [0.717, 1.165) is 51.9 Å². The summed E-state index contributed by atoms with van der Waals surface area (Å²) in [6.45, 7) is 3.68. The molecular weight excluding hydrogens is 424 g/mol. The fourth-order valence-corrected chi connectivity index (χ4v) is 4.25. The van der Waals surface area contributed by atoms with Gasteiger partial charge in [0.05, 0.1) is 11.1 Å². The number of nitro benzene ring substituents is 1. The van der Waals surface area contributed by atoms with Crippen LogP contribution in [-0.2, 0) is 0 Å². The van der Waals surface area contributed by atoms with Gasteiger partial charge < -0.3 is 14.9 Å². The fourth-order valence-electron chi connectivity index (χ4n) is 4.25. The van der Waals surface area contributed by atoms with Crippen LogP contribution in [0.2, 0.25) is 0 Å². The molecule has 0 radical (unpaired) electrons. The number of non-ortho nitro benzene ring substituents is 1. The van der Waals surface area contributed by atoms with Crippen LogP contribution in [0.3, 0.4) is 0 Å². The molecule has 0 amide bonds. The molecule has 2 aromatic carbocycles. The lowest BCUT2D eigenvalue weighted by Crippen LogP contribution is -2.25. The molecule has 33 heavy (non-hydrogen) atoms. The smallest absolute Gasteiger partial charge is 0.270 e. The van der Waals surface area contributed by atoms with Gasteiger partial charge >= 0.3 is 0 Å². The largest absolute Gasteiger partial charge is 0.507 e. The van der Waals surface area contributed by atoms with Gasteiger partial charge in [0, 0.05) is 43.9 Å². The molecule has 5 rings (SSSR count). The van der Waals surface area contributed by atoms with E-state index in [4.69, 9.17) is 0 Å². The summed E-state index contributed by atoms with van der Waals surface area (Å²) >= 11 is 0. The number of phenolic OH excluding ortho intramolecular Hbond substituents is 1. The average Bonchev–Trinajstić information content (AvgIpc) is 3.55. The number of benzene rings is 2. The van der Waals surface area contributed by atoms with E-state index in [1.165, 1.54) is 24.4 Å². The van der Waals surface area contributed by atoms with Crippen LogP contribution >= 0.6 is 0 Å². The van der Waals surface area contributed by atoms with E-state index in [2.05, 4.69) is 35.3 Å². The Morgan fingerprint density at radius 2 is 1.61 bits per heavy atom. The number of phenols is 1. The van der Waals surface area contributed by atoms with Crippen molar-refractivity contribution in [2.45, 2.75) is 25.7 Å². The Hall–Kier alpha value is -4.02. The maximum atomic E-state index is 11.1. The van der Waals surface area contributed by atoms with E-state index in [1.54, 1.807) is 12.1 Å². The summed E-state index contributed by atoms with van der Waals surface area (Å²) in [6, 6.07) is 7.61. The minimum atomic E-state index is -0.446. The van der Waals surface area contributed by atoms with Crippen molar-refractivity contribution in [2.24, 2.45) is 5.10 Å². The second-order valence-electron chi connectivity index (χ2n) is 8.18. The number of aromatic hydroxyl groups is 1. The van der Waals surface area contributed by atoms with Crippen molar-refractivity contribution in [3.63, 3.8) is 0 Å². The molecule has 2 aliphatic rings. The highest BCUT2D eigenvalue weighted by Crippen LogP contribution is 2.29. The zero-order chi connectivity index (χ0) is 22.8. The molecule has 3 heterocycles. The molecule has 0 spiro atoms. The van der Waals surface area contributed by atoms with Gasteiger partial charge in [0.25, 0.3) is 5.69 Å². The van der Waals surface area contributed by atoms with E-state index >= 15 is 0 Å². The lowest BCUT2D eigenvalue weighted by atomic mass is 10.0. The van der Waals surface area contributed by atoms with Gasteiger partial charge in [0.2, 0.25) is 17.8 Å². The first kappa shape index (κ1) is 20.9. The van der Waals surface area contributed by atoms with E-state index in [9.17, 15) is 15.2 Å². The maximum Gasteiger partial charge on any atom is 0.270 e. The first-order valence-electron chi connectivity index (χ1n) is 11.0. The van der Waals surface area contributed by atoms with Crippen molar-refractivity contribution in [2.75, 3.05) is 41.4 Å². The maximum absolute atomic E-state index is 11.1. The molecular formula is C22H24N8O3. The summed E-state index contributed by atoms with van der Waals surface area (Å²) in [5, 5.41) is 27.0. The molecule has 2 N–H and O–H groups in total. The molecule has 0 unspecified atom stereocenters. The van der Waals surface area contributed by atoms with Crippen molar-refractivity contribution in [3.05, 3.63) is 46.0 Å². The number of aromatic nitrogens is 3. The van der Waals surface area contributed by atoms with Crippen LogP contribution in [-0.4, -0.2) is 57.4 Å². The Bertz CT molecular complexity index is 1190. The number of anilines is 3. The third kappa shape index (κ3) is 4.34. The van der Waals surface area contributed by atoms with E-state index in [-0.39, 0.29) is 11.4 Å². The summed E-state index contributed by atoms with van der Waals surface area (Å²) in [5.41, 5.74) is 3.31. The standard InChI is InChI=1S/C22H24N8O3/c31-19-8-5-15-13-16(30(32)33)6-7-17(15)18(19)14-23-27-20-24-21(28-9-1-2-10-28)26-22(25-20)29-11-3-4-12-29/h5-8,13-14,31H,1-4,9-12H2,(H,24,25,26,27)/b23-14+. The predicted molar refractivity (Wildman–Crippen MR) is 126 cm³/mol. The first-order valence-corrected chi connectivity index (χ1v) is 11.0. The number of hydrogen-bond acceptors (Lipinski definition) is 10. The second-order valence-corrected chi connectivity index (χ2v) is 8.18. The SMILES string of the molecule is O=[N+]([O-])c1ccc2c(/C=N/Nc3nc(N4CCCC4)nc(N4CCCC4)n3)c(O)ccc2c1. The average molecular weight is 448 g/mol. The molecule has 0 saturated carbocycles. The molecule has 0 aliphatic carbocycles. The Balaban J connectivity index is 1.43. The second kappa shape index (κ2) is 8.85. The highest BCUT2D eigenvalue weighted by Gasteiger charge is 2.21. The Morgan fingerprint density at radius 1 is 0.970 bits per heavy atom. The van der Waals surface area contributed by atoms with Crippen LogP contribution in [0.25, 0.3) is 10.8 Å². The van der Waals surface area contributed by atoms with Crippen molar-refractivity contribution >= 4 is 40.5 Å². The highest BCUT2D eigenvalue weighted by atomic mass is 16.6. The fraction of sp³-hybridized carbons (Fsp3) is 0.364. The lowest BCUT2D eigenvalue weighted by Gasteiger charge is -2.20. The summed E-state index contributed by atoms with van der Waals surface area (Å²) in [4.78, 5) is 28.7. The van der Waals surface area contributed by atoms with Gasteiger partial charge in [-0.25, -0.2) is 5.43 Å². The molecule has 2 saturated heterocycles.